The molecular weight excluding hydrogens is 290 g/mol. The molecule has 4 heteroatoms. The zero-order chi connectivity index (χ0) is 16.1. The number of rotatable bonds is 5. The number of ether oxygens (including phenoxy) is 2. The lowest BCUT2D eigenvalue weighted by atomic mass is 10.0. The summed E-state index contributed by atoms with van der Waals surface area (Å²) >= 11 is 0. The fourth-order valence-corrected chi connectivity index (χ4v) is 3.01. The molecular formula is C19H23NO3. The fraction of sp³-hybridized carbons (Fsp3) is 0.368. The van der Waals surface area contributed by atoms with E-state index in [9.17, 15) is 5.11 Å². The first-order valence-electron chi connectivity index (χ1n) is 8.03. The zero-order valence-electron chi connectivity index (χ0n) is 13.4. The summed E-state index contributed by atoms with van der Waals surface area (Å²) < 4.78 is 11.1. The molecule has 0 saturated heterocycles. The third-order valence-corrected chi connectivity index (χ3v) is 4.32. The smallest absolute Gasteiger partial charge is 0.127 e. The highest BCUT2D eigenvalue weighted by Gasteiger charge is 2.20. The van der Waals surface area contributed by atoms with Gasteiger partial charge in [-0.05, 0) is 30.0 Å². The molecule has 0 spiro atoms. The average molecular weight is 313 g/mol. The number of nitrogens with one attached hydrogen (secondary N) is 1. The van der Waals surface area contributed by atoms with Gasteiger partial charge in [0, 0.05) is 24.2 Å². The second-order valence-electron chi connectivity index (χ2n) is 5.75. The van der Waals surface area contributed by atoms with E-state index >= 15 is 0 Å². The van der Waals surface area contributed by atoms with Gasteiger partial charge in [0.1, 0.15) is 11.5 Å². The average Bonchev–Trinajstić information content (AvgIpc) is 2.81. The van der Waals surface area contributed by atoms with Gasteiger partial charge >= 0.3 is 0 Å². The van der Waals surface area contributed by atoms with Crippen LogP contribution >= 0.6 is 0 Å². The molecule has 1 aliphatic rings. The molecule has 0 radical (unpaired) electrons. The second kappa shape index (κ2) is 7.49. The van der Waals surface area contributed by atoms with Crippen LogP contribution < -0.4 is 14.8 Å². The highest BCUT2D eigenvalue weighted by Crippen LogP contribution is 2.34. The number of methoxy groups -OCH3 is 1. The van der Waals surface area contributed by atoms with E-state index in [4.69, 9.17) is 9.47 Å². The highest BCUT2D eigenvalue weighted by molar-refractivity contribution is 5.43. The second-order valence-corrected chi connectivity index (χ2v) is 5.75. The molecule has 1 atom stereocenters. The van der Waals surface area contributed by atoms with E-state index in [0.717, 1.165) is 48.6 Å². The first kappa shape index (κ1) is 15.8. The Morgan fingerprint density at radius 1 is 1.22 bits per heavy atom. The standard InChI is InChI=1S/C19H23NO3/c1-22-16-8-9-17-18(7-4-10-23-19(17)11-16)20-12-14-5-2-3-6-15(14)13-21/h2-3,5-6,8-9,11,18,20-21H,4,7,10,12-13H2,1H3/t18-/m1/s1. The van der Waals surface area contributed by atoms with Gasteiger partial charge in [-0.15, -0.1) is 0 Å². The van der Waals surface area contributed by atoms with E-state index < -0.39 is 0 Å². The van der Waals surface area contributed by atoms with E-state index in [1.165, 1.54) is 5.56 Å². The molecule has 0 aliphatic carbocycles. The van der Waals surface area contributed by atoms with E-state index in [1.807, 2.05) is 30.3 Å². The van der Waals surface area contributed by atoms with Gasteiger partial charge in [-0.3, -0.25) is 0 Å². The van der Waals surface area contributed by atoms with Crippen molar-refractivity contribution in [1.29, 1.82) is 0 Å². The highest BCUT2D eigenvalue weighted by atomic mass is 16.5. The Bertz CT molecular complexity index is 657. The monoisotopic (exact) mass is 313 g/mol. The van der Waals surface area contributed by atoms with Crippen LogP contribution in [-0.4, -0.2) is 18.8 Å². The largest absolute Gasteiger partial charge is 0.497 e. The molecule has 0 saturated carbocycles. The molecule has 3 rings (SSSR count). The lowest BCUT2D eigenvalue weighted by molar-refractivity contribution is 0.280. The van der Waals surface area contributed by atoms with Gasteiger partial charge in [-0.1, -0.05) is 30.3 Å². The van der Waals surface area contributed by atoms with Crippen LogP contribution in [0.4, 0.5) is 0 Å². The van der Waals surface area contributed by atoms with Gasteiger partial charge in [0.05, 0.1) is 20.3 Å². The maximum absolute atomic E-state index is 9.45. The quantitative estimate of drug-likeness (QED) is 0.890. The van der Waals surface area contributed by atoms with Gasteiger partial charge in [0.2, 0.25) is 0 Å². The molecule has 0 bridgehead atoms. The summed E-state index contributed by atoms with van der Waals surface area (Å²) in [6.07, 6.45) is 2.04. The molecule has 1 heterocycles. The Labute approximate surface area is 137 Å². The molecule has 0 aromatic heterocycles. The number of hydrogen-bond acceptors (Lipinski definition) is 4. The Balaban J connectivity index is 1.78. The lowest BCUT2D eigenvalue weighted by Gasteiger charge is -2.20. The fourth-order valence-electron chi connectivity index (χ4n) is 3.01. The molecule has 0 fully saturated rings. The minimum Gasteiger partial charge on any atom is -0.497 e. The summed E-state index contributed by atoms with van der Waals surface area (Å²) in [6.45, 7) is 1.53. The molecule has 23 heavy (non-hydrogen) atoms. The van der Waals surface area contributed by atoms with Crippen LogP contribution in [0, 0.1) is 0 Å². The Morgan fingerprint density at radius 2 is 2.04 bits per heavy atom. The maximum atomic E-state index is 9.45. The Morgan fingerprint density at radius 3 is 2.83 bits per heavy atom. The van der Waals surface area contributed by atoms with Gasteiger partial charge in [-0.2, -0.15) is 0 Å². The van der Waals surface area contributed by atoms with Crippen LogP contribution in [0.2, 0.25) is 0 Å². The molecule has 2 aromatic carbocycles. The van der Waals surface area contributed by atoms with Crippen molar-refractivity contribution in [2.24, 2.45) is 0 Å². The van der Waals surface area contributed by atoms with Crippen molar-refractivity contribution < 1.29 is 14.6 Å². The minimum absolute atomic E-state index is 0.0689. The molecule has 1 aliphatic heterocycles. The van der Waals surface area contributed by atoms with Gasteiger partial charge in [0.25, 0.3) is 0 Å². The molecule has 0 unspecified atom stereocenters. The predicted molar refractivity (Wildman–Crippen MR) is 89.7 cm³/mol. The number of fused-ring (bicyclic) bond motifs is 1. The number of aliphatic hydroxyl groups excluding tert-OH is 1. The van der Waals surface area contributed by atoms with E-state index in [1.54, 1.807) is 7.11 Å². The minimum atomic E-state index is 0.0689. The summed E-state index contributed by atoms with van der Waals surface area (Å²) in [5.41, 5.74) is 3.28. The summed E-state index contributed by atoms with van der Waals surface area (Å²) in [4.78, 5) is 0. The third kappa shape index (κ3) is 3.66. The zero-order valence-corrected chi connectivity index (χ0v) is 13.4. The lowest BCUT2D eigenvalue weighted by Crippen LogP contribution is -2.21. The van der Waals surface area contributed by atoms with Gasteiger partial charge in [0.15, 0.2) is 0 Å². The molecule has 2 N–H and O–H groups in total. The first-order valence-corrected chi connectivity index (χ1v) is 8.03. The van der Waals surface area contributed by atoms with Crippen molar-refractivity contribution in [3.8, 4) is 11.5 Å². The van der Waals surface area contributed by atoms with Crippen LogP contribution in [0.1, 0.15) is 35.6 Å². The third-order valence-electron chi connectivity index (χ3n) is 4.32. The SMILES string of the molecule is COc1ccc2c(c1)OCCC[C@H]2NCc1ccccc1CO. The number of benzene rings is 2. The van der Waals surface area contributed by atoms with Crippen molar-refractivity contribution in [3.05, 3.63) is 59.2 Å². The summed E-state index contributed by atoms with van der Waals surface area (Å²) in [7, 11) is 1.67. The number of aliphatic hydroxyl groups is 1. The van der Waals surface area contributed by atoms with Crippen LogP contribution in [0.5, 0.6) is 11.5 Å². The molecule has 4 nitrogen and oxygen atoms in total. The Hall–Kier alpha value is -2.04. The number of hydrogen-bond donors (Lipinski definition) is 2. The predicted octanol–water partition coefficient (Wildman–Crippen LogP) is 3.19. The van der Waals surface area contributed by atoms with E-state index in [0.29, 0.717) is 0 Å². The van der Waals surface area contributed by atoms with Crippen molar-refractivity contribution in [1.82, 2.24) is 5.32 Å². The topological polar surface area (TPSA) is 50.7 Å². The van der Waals surface area contributed by atoms with Gasteiger partial charge in [-0.25, -0.2) is 0 Å². The summed E-state index contributed by atoms with van der Waals surface area (Å²) in [5, 5.41) is 13.1. The normalized spacial score (nSPS) is 17.0. The first-order chi connectivity index (χ1) is 11.3. The van der Waals surface area contributed by atoms with Crippen LogP contribution in [0.25, 0.3) is 0 Å². The molecule has 0 amide bonds. The van der Waals surface area contributed by atoms with Crippen molar-refractivity contribution in [3.63, 3.8) is 0 Å². The van der Waals surface area contributed by atoms with E-state index in [2.05, 4.69) is 17.4 Å². The van der Waals surface area contributed by atoms with E-state index in [-0.39, 0.29) is 12.6 Å². The molecule has 2 aromatic rings. The van der Waals surface area contributed by atoms with Gasteiger partial charge < -0.3 is 19.9 Å². The molecule has 122 valence electrons. The van der Waals surface area contributed by atoms with Crippen molar-refractivity contribution >= 4 is 0 Å². The van der Waals surface area contributed by atoms with Crippen LogP contribution in [0.15, 0.2) is 42.5 Å². The van der Waals surface area contributed by atoms with Crippen molar-refractivity contribution in [2.45, 2.75) is 32.0 Å². The summed E-state index contributed by atoms with van der Waals surface area (Å²) in [6, 6.07) is 14.2. The Kier molecular flexibility index (Phi) is 5.16. The van der Waals surface area contributed by atoms with Crippen LogP contribution in [0.3, 0.4) is 0 Å². The van der Waals surface area contributed by atoms with Crippen LogP contribution in [-0.2, 0) is 13.2 Å². The maximum Gasteiger partial charge on any atom is 0.127 e. The summed E-state index contributed by atoms with van der Waals surface area (Å²) in [5.74, 6) is 1.71. The van der Waals surface area contributed by atoms with Crippen molar-refractivity contribution in [2.75, 3.05) is 13.7 Å².